The molecule has 2 aromatic rings. The van der Waals surface area contributed by atoms with Gasteiger partial charge in [-0.3, -0.25) is 14.4 Å². The van der Waals surface area contributed by atoms with Crippen molar-refractivity contribution in [2.24, 2.45) is 0 Å². The van der Waals surface area contributed by atoms with Gasteiger partial charge >= 0.3 is 0 Å². The Bertz CT molecular complexity index is 794. The van der Waals surface area contributed by atoms with Gasteiger partial charge in [-0.15, -0.1) is 0 Å². The van der Waals surface area contributed by atoms with Crippen LogP contribution in [-0.2, 0) is 4.79 Å². The van der Waals surface area contributed by atoms with Crippen LogP contribution < -0.4 is 20.5 Å². The fraction of sp³-hybridized carbons (Fsp3) is 0.143. The molecule has 2 N–H and O–H groups in total. The molecular weight excluding hydrogens is 288 g/mol. The van der Waals surface area contributed by atoms with Crippen LogP contribution >= 0.6 is 0 Å². The summed E-state index contributed by atoms with van der Waals surface area (Å²) in [6.07, 6.45) is 0. The normalized spacial score (nSPS) is 13.3. The van der Waals surface area contributed by atoms with Crippen molar-refractivity contribution in [3.8, 4) is 5.75 Å². The van der Waals surface area contributed by atoms with Gasteiger partial charge in [0.05, 0.1) is 5.69 Å². The van der Waals surface area contributed by atoms with E-state index in [1.807, 2.05) is 0 Å². The summed E-state index contributed by atoms with van der Waals surface area (Å²) in [5, 5.41) is 8.49. The van der Waals surface area contributed by atoms with Gasteiger partial charge < -0.3 is 15.0 Å². The van der Waals surface area contributed by atoms with Crippen molar-refractivity contribution in [2.45, 2.75) is 0 Å². The summed E-state index contributed by atoms with van der Waals surface area (Å²) < 4.78 is 5.31. The van der Waals surface area contributed by atoms with E-state index in [4.69, 9.17) is 4.74 Å². The van der Waals surface area contributed by atoms with Gasteiger partial charge in [0.2, 0.25) is 0 Å². The summed E-state index contributed by atoms with van der Waals surface area (Å²) in [6, 6.07) is 7.51. The molecule has 0 saturated heterocycles. The van der Waals surface area contributed by atoms with Gasteiger partial charge in [-0.05, 0) is 24.3 Å². The van der Waals surface area contributed by atoms with Crippen molar-refractivity contribution in [3.63, 3.8) is 0 Å². The summed E-state index contributed by atoms with van der Waals surface area (Å²) in [7, 11) is 1.64. The van der Waals surface area contributed by atoms with Crippen LogP contribution in [0.4, 0.5) is 11.4 Å². The van der Waals surface area contributed by atoms with Gasteiger partial charge in [0, 0.05) is 18.8 Å². The molecule has 0 aliphatic carbocycles. The Morgan fingerprint density at radius 3 is 2.86 bits per heavy atom. The molecular formula is C14H12N4O4. The molecule has 0 fully saturated rings. The molecule has 112 valence electrons. The largest absolute Gasteiger partial charge is 0.482 e. The number of H-pyrrole nitrogens is 1. The summed E-state index contributed by atoms with van der Waals surface area (Å²) >= 11 is 0. The number of rotatable bonds is 2. The Hall–Kier alpha value is -3.16. The number of anilines is 2. The lowest BCUT2D eigenvalue weighted by Crippen LogP contribution is -2.35. The lowest BCUT2D eigenvalue weighted by Gasteiger charge is -2.26. The quantitative estimate of drug-likeness (QED) is 0.834. The Balaban J connectivity index is 1.84. The van der Waals surface area contributed by atoms with Crippen molar-refractivity contribution in [1.82, 2.24) is 10.2 Å². The van der Waals surface area contributed by atoms with Crippen molar-refractivity contribution in [2.75, 3.05) is 23.9 Å². The highest BCUT2D eigenvalue weighted by atomic mass is 16.5. The second kappa shape index (κ2) is 5.32. The number of amides is 2. The first-order chi connectivity index (χ1) is 10.5. The van der Waals surface area contributed by atoms with Crippen molar-refractivity contribution >= 4 is 23.2 Å². The molecule has 2 heterocycles. The summed E-state index contributed by atoms with van der Waals surface area (Å²) in [5.41, 5.74) is 0.756. The molecule has 22 heavy (non-hydrogen) atoms. The number of hydrogen-bond acceptors (Lipinski definition) is 5. The van der Waals surface area contributed by atoms with E-state index in [1.54, 1.807) is 25.2 Å². The van der Waals surface area contributed by atoms with Gasteiger partial charge in [-0.2, -0.15) is 5.10 Å². The summed E-state index contributed by atoms with van der Waals surface area (Å²) in [6.45, 7) is -0.00347. The molecule has 0 unspecified atom stereocenters. The van der Waals surface area contributed by atoms with Crippen LogP contribution in [0, 0.1) is 0 Å². The maximum absolute atomic E-state index is 12.0. The Kier molecular flexibility index (Phi) is 3.34. The summed E-state index contributed by atoms with van der Waals surface area (Å²) in [5.74, 6) is -0.0672. The molecule has 1 aliphatic rings. The van der Waals surface area contributed by atoms with Gasteiger partial charge in [-0.1, -0.05) is 0 Å². The molecule has 1 aromatic carbocycles. The first-order valence-electron chi connectivity index (χ1n) is 6.45. The maximum atomic E-state index is 12.0. The average molecular weight is 300 g/mol. The molecule has 0 spiro atoms. The number of nitrogens with zero attached hydrogens (tertiary/aromatic N) is 2. The molecule has 8 nitrogen and oxygen atoms in total. The van der Waals surface area contributed by atoms with E-state index in [2.05, 4.69) is 15.5 Å². The Labute approximate surface area is 124 Å². The van der Waals surface area contributed by atoms with Crippen LogP contribution in [0.5, 0.6) is 5.75 Å². The third-order valence-corrected chi connectivity index (χ3v) is 3.22. The van der Waals surface area contributed by atoms with Crippen molar-refractivity contribution in [1.29, 1.82) is 0 Å². The molecule has 0 radical (unpaired) electrons. The fourth-order valence-electron chi connectivity index (χ4n) is 2.02. The first kappa shape index (κ1) is 13.8. The number of benzene rings is 1. The van der Waals surface area contributed by atoms with Gasteiger partial charge in [0.1, 0.15) is 11.4 Å². The standard InChI is InChI=1S/C14H12N4O4/c1-18-10-6-8(2-4-11(10)22-7-13(18)20)15-14(21)9-3-5-12(19)17-16-9/h2-6H,7H2,1H3,(H,15,21)(H,17,19). The zero-order valence-electron chi connectivity index (χ0n) is 11.6. The number of aromatic amines is 1. The molecule has 2 amide bonds. The number of aromatic nitrogens is 2. The maximum Gasteiger partial charge on any atom is 0.276 e. The Morgan fingerprint density at radius 2 is 2.14 bits per heavy atom. The van der Waals surface area contributed by atoms with Gasteiger partial charge in [-0.25, -0.2) is 5.10 Å². The number of hydrogen-bond donors (Lipinski definition) is 2. The zero-order chi connectivity index (χ0) is 15.7. The van der Waals surface area contributed by atoms with E-state index in [-0.39, 0.29) is 23.8 Å². The number of nitrogens with one attached hydrogen (secondary N) is 2. The van der Waals surface area contributed by atoms with Crippen LogP contribution in [0.15, 0.2) is 35.1 Å². The minimum Gasteiger partial charge on any atom is -0.482 e. The first-order valence-corrected chi connectivity index (χ1v) is 6.45. The van der Waals surface area contributed by atoms with E-state index in [1.165, 1.54) is 17.0 Å². The van der Waals surface area contributed by atoms with E-state index >= 15 is 0 Å². The van der Waals surface area contributed by atoms with Crippen LogP contribution in [0.25, 0.3) is 0 Å². The Morgan fingerprint density at radius 1 is 1.32 bits per heavy atom. The van der Waals surface area contributed by atoms with E-state index in [0.29, 0.717) is 17.1 Å². The number of ether oxygens (including phenoxy) is 1. The molecule has 3 rings (SSSR count). The van der Waals surface area contributed by atoms with Gasteiger partial charge in [0.25, 0.3) is 17.4 Å². The number of likely N-dealkylation sites (N-methyl/N-ethyl adjacent to an activating group) is 1. The molecule has 1 aromatic heterocycles. The van der Waals surface area contributed by atoms with E-state index in [0.717, 1.165) is 0 Å². The topological polar surface area (TPSA) is 104 Å². The monoisotopic (exact) mass is 300 g/mol. The highest BCUT2D eigenvalue weighted by Gasteiger charge is 2.22. The SMILES string of the molecule is CN1C(=O)COc2ccc(NC(=O)c3ccc(=O)[nH]n3)cc21. The minimum atomic E-state index is -0.470. The van der Waals surface area contributed by atoms with E-state index < -0.39 is 5.91 Å². The van der Waals surface area contributed by atoms with E-state index in [9.17, 15) is 14.4 Å². The third kappa shape index (κ3) is 2.53. The third-order valence-electron chi connectivity index (χ3n) is 3.22. The smallest absolute Gasteiger partial charge is 0.276 e. The molecule has 0 atom stereocenters. The average Bonchev–Trinajstić information content (AvgIpc) is 2.52. The lowest BCUT2D eigenvalue weighted by molar-refractivity contribution is -0.120. The van der Waals surface area contributed by atoms with Crippen LogP contribution in [0.2, 0.25) is 0 Å². The number of fused-ring (bicyclic) bond motifs is 1. The second-order valence-electron chi connectivity index (χ2n) is 4.68. The van der Waals surface area contributed by atoms with Crippen LogP contribution in [-0.4, -0.2) is 35.7 Å². The second-order valence-corrected chi connectivity index (χ2v) is 4.68. The zero-order valence-corrected chi connectivity index (χ0v) is 11.6. The minimum absolute atomic E-state index is 0.00347. The number of carbonyl (C=O) groups excluding carboxylic acids is 2. The fourth-order valence-corrected chi connectivity index (χ4v) is 2.02. The van der Waals surface area contributed by atoms with Crippen LogP contribution in [0.1, 0.15) is 10.5 Å². The van der Waals surface area contributed by atoms with Crippen molar-refractivity contribution < 1.29 is 14.3 Å². The highest BCUT2D eigenvalue weighted by Crippen LogP contribution is 2.33. The van der Waals surface area contributed by atoms with Gasteiger partial charge in [0.15, 0.2) is 6.61 Å². The lowest BCUT2D eigenvalue weighted by atomic mass is 10.2. The van der Waals surface area contributed by atoms with Crippen molar-refractivity contribution in [3.05, 3.63) is 46.4 Å². The molecule has 8 heteroatoms. The number of carbonyl (C=O) groups is 2. The molecule has 0 bridgehead atoms. The summed E-state index contributed by atoms with van der Waals surface area (Å²) in [4.78, 5) is 36.0. The molecule has 0 saturated carbocycles. The predicted molar refractivity (Wildman–Crippen MR) is 78.2 cm³/mol. The van der Waals surface area contributed by atoms with Crippen LogP contribution in [0.3, 0.4) is 0 Å². The highest BCUT2D eigenvalue weighted by molar-refractivity contribution is 6.04. The predicted octanol–water partition coefficient (Wildman–Crippen LogP) is 0.377. The molecule has 1 aliphatic heterocycles.